The Kier molecular flexibility index (Phi) is 3.28. The van der Waals surface area contributed by atoms with Crippen molar-refractivity contribution < 1.29 is 0 Å². The Labute approximate surface area is 55.5 Å². The minimum absolute atomic E-state index is 0.538. The predicted molar refractivity (Wildman–Crippen MR) is 40.4 cm³/mol. The minimum atomic E-state index is 0.538. The summed E-state index contributed by atoms with van der Waals surface area (Å²) < 4.78 is 0. The zero-order valence-electron chi connectivity index (χ0n) is 5.59. The lowest BCUT2D eigenvalue weighted by Crippen LogP contribution is -1.89. The summed E-state index contributed by atoms with van der Waals surface area (Å²) in [7, 11) is 0. The summed E-state index contributed by atoms with van der Waals surface area (Å²) in [6.07, 6.45) is 5.03. The predicted octanol–water partition coefficient (Wildman–Crippen LogP) is 0.878. The summed E-state index contributed by atoms with van der Waals surface area (Å²) in [5, 5.41) is 0. The smallest absolute Gasteiger partial charge is 0.0241 e. The van der Waals surface area contributed by atoms with Crippen molar-refractivity contribution in [1.82, 2.24) is 0 Å². The van der Waals surface area contributed by atoms with Crippen molar-refractivity contribution in [2.45, 2.75) is 6.92 Å². The van der Waals surface area contributed by atoms with E-state index in [9.17, 15) is 0 Å². The molecule has 0 atom stereocenters. The molecule has 0 radical (unpaired) electrons. The molecule has 0 aromatic heterocycles. The molecule has 4 N–H and O–H groups in total. The molecule has 0 aliphatic rings. The molecular formula is C7H12N2. The molecule has 2 nitrogen and oxygen atoms in total. The van der Waals surface area contributed by atoms with Crippen LogP contribution in [0.25, 0.3) is 0 Å². The summed E-state index contributed by atoms with van der Waals surface area (Å²) >= 11 is 0. The average molecular weight is 124 g/mol. The van der Waals surface area contributed by atoms with Crippen LogP contribution in [0.5, 0.6) is 0 Å². The van der Waals surface area contributed by atoms with Crippen molar-refractivity contribution in [3.63, 3.8) is 0 Å². The van der Waals surface area contributed by atoms with Crippen LogP contribution in [0.4, 0.5) is 0 Å². The number of nitrogens with two attached hydrogens (primary N) is 2. The third kappa shape index (κ3) is 4.68. The molecule has 0 aliphatic heterocycles. The zero-order valence-corrected chi connectivity index (χ0v) is 5.59. The monoisotopic (exact) mass is 124 g/mol. The van der Waals surface area contributed by atoms with Crippen molar-refractivity contribution in [2.75, 3.05) is 0 Å². The van der Waals surface area contributed by atoms with E-state index in [0.717, 1.165) is 5.57 Å². The molecule has 0 rings (SSSR count). The van der Waals surface area contributed by atoms with Gasteiger partial charge in [-0.05, 0) is 24.8 Å². The first-order valence-corrected chi connectivity index (χ1v) is 2.67. The fraction of sp³-hybridized carbons (Fsp3) is 0.143. The van der Waals surface area contributed by atoms with Crippen LogP contribution in [0.3, 0.4) is 0 Å². The third-order valence-corrected chi connectivity index (χ3v) is 0.823. The largest absolute Gasteiger partial charge is 0.404 e. The highest BCUT2D eigenvalue weighted by Gasteiger charge is 1.76. The number of allylic oxidation sites excluding steroid dienone is 3. The van der Waals surface area contributed by atoms with Crippen LogP contribution in [0, 0.1) is 0 Å². The van der Waals surface area contributed by atoms with Crippen LogP contribution >= 0.6 is 0 Å². The van der Waals surface area contributed by atoms with Crippen LogP contribution in [-0.2, 0) is 0 Å². The summed E-state index contributed by atoms with van der Waals surface area (Å²) in [5.74, 6) is 0. The second-order valence-corrected chi connectivity index (χ2v) is 1.82. The summed E-state index contributed by atoms with van der Waals surface area (Å²) in [5.41, 5.74) is 11.9. The van der Waals surface area contributed by atoms with Gasteiger partial charge in [-0.15, -0.1) is 0 Å². The van der Waals surface area contributed by atoms with Gasteiger partial charge in [-0.1, -0.05) is 12.7 Å². The van der Waals surface area contributed by atoms with E-state index in [2.05, 4.69) is 6.58 Å². The number of hydrogen-bond donors (Lipinski definition) is 2. The van der Waals surface area contributed by atoms with Gasteiger partial charge >= 0.3 is 0 Å². The molecule has 0 saturated heterocycles. The van der Waals surface area contributed by atoms with Crippen molar-refractivity contribution in [1.29, 1.82) is 0 Å². The molecule has 0 amide bonds. The Morgan fingerprint density at radius 1 is 1.44 bits per heavy atom. The highest BCUT2D eigenvalue weighted by molar-refractivity contribution is 5.22. The molecule has 50 valence electrons. The van der Waals surface area contributed by atoms with E-state index in [4.69, 9.17) is 11.5 Å². The van der Waals surface area contributed by atoms with Gasteiger partial charge in [0.1, 0.15) is 0 Å². The first kappa shape index (κ1) is 7.82. The Hall–Kier alpha value is -1.18. The molecule has 0 fully saturated rings. The van der Waals surface area contributed by atoms with Crippen LogP contribution in [0.1, 0.15) is 6.92 Å². The maximum atomic E-state index is 5.25. The van der Waals surface area contributed by atoms with Gasteiger partial charge in [0.2, 0.25) is 0 Å². The highest BCUT2D eigenvalue weighted by Crippen LogP contribution is 1.92. The van der Waals surface area contributed by atoms with Gasteiger partial charge in [-0.25, -0.2) is 0 Å². The Morgan fingerprint density at radius 3 is 2.33 bits per heavy atom. The Bertz CT molecular complexity index is 154. The van der Waals surface area contributed by atoms with E-state index in [1.54, 1.807) is 6.08 Å². The first-order chi connectivity index (χ1) is 4.16. The topological polar surface area (TPSA) is 52.0 Å². The first-order valence-electron chi connectivity index (χ1n) is 2.67. The van der Waals surface area contributed by atoms with E-state index >= 15 is 0 Å². The molecular weight excluding hydrogens is 112 g/mol. The normalized spacial score (nSPS) is 12.3. The molecule has 0 bridgehead atoms. The van der Waals surface area contributed by atoms with Crippen LogP contribution in [-0.4, -0.2) is 0 Å². The minimum Gasteiger partial charge on any atom is -0.404 e. The fourth-order valence-electron chi connectivity index (χ4n) is 0.294. The van der Waals surface area contributed by atoms with E-state index in [-0.39, 0.29) is 0 Å². The van der Waals surface area contributed by atoms with Crippen molar-refractivity contribution in [3.8, 4) is 0 Å². The summed E-state index contributed by atoms with van der Waals surface area (Å²) in [6, 6.07) is 0. The second kappa shape index (κ2) is 3.78. The highest BCUT2D eigenvalue weighted by atomic mass is 14.5. The van der Waals surface area contributed by atoms with Gasteiger partial charge in [0.25, 0.3) is 0 Å². The third-order valence-electron chi connectivity index (χ3n) is 0.823. The van der Waals surface area contributed by atoms with Crippen molar-refractivity contribution >= 4 is 0 Å². The standard InChI is InChI=1S/C7H12N2/c1-6(5-8)3-4-7(2)9/h3-5H,2,8-9H2,1H3/b4-3-,6-5-. The van der Waals surface area contributed by atoms with Crippen LogP contribution in [0.2, 0.25) is 0 Å². The maximum absolute atomic E-state index is 5.25. The van der Waals surface area contributed by atoms with Gasteiger partial charge < -0.3 is 11.5 Å². The SMILES string of the molecule is C=C(N)/C=C\C(C)=C/N. The molecule has 9 heavy (non-hydrogen) atoms. The Balaban J connectivity index is 3.86. The molecule has 0 heterocycles. The molecule has 0 saturated carbocycles. The number of rotatable bonds is 2. The quantitative estimate of drug-likeness (QED) is 0.537. The second-order valence-electron chi connectivity index (χ2n) is 1.82. The van der Waals surface area contributed by atoms with Gasteiger partial charge in [0, 0.05) is 5.70 Å². The molecule has 0 spiro atoms. The van der Waals surface area contributed by atoms with E-state index in [1.165, 1.54) is 6.20 Å². The molecule has 2 heteroatoms. The van der Waals surface area contributed by atoms with Gasteiger partial charge in [0.15, 0.2) is 0 Å². The lowest BCUT2D eigenvalue weighted by Gasteiger charge is -1.87. The summed E-state index contributed by atoms with van der Waals surface area (Å²) in [6.45, 7) is 5.37. The fourth-order valence-corrected chi connectivity index (χ4v) is 0.294. The van der Waals surface area contributed by atoms with Crippen LogP contribution in [0.15, 0.2) is 36.2 Å². The number of hydrogen-bond acceptors (Lipinski definition) is 2. The van der Waals surface area contributed by atoms with Gasteiger partial charge in [0.05, 0.1) is 0 Å². The lowest BCUT2D eigenvalue weighted by atomic mass is 10.3. The zero-order chi connectivity index (χ0) is 7.28. The van der Waals surface area contributed by atoms with Gasteiger partial charge in [-0.3, -0.25) is 0 Å². The molecule has 0 aromatic carbocycles. The van der Waals surface area contributed by atoms with E-state index in [1.807, 2.05) is 13.0 Å². The average Bonchev–Trinajstić information content (AvgIpc) is 1.83. The Morgan fingerprint density at radius 2 is 2.00 bits per heavy atom. The lowest BCUT2D eigenvalue weighted by molar-refractivity contribution is 1.40. The van der Waals surface area contributed by atoms with Crippen molar-refractivity contribution in [2.24, 2.45) is 11.5 Å². The molecule has 0 unspecified atom stereocenters. The summed E-state index contributed by atoms with van der Waals surface area (Å²) in [4.78, 5) is 0. The molecule has 0 aromatic rings. The van der Waals surface area contributed by atoms with Crippen molar-refractivity contribution in [3.05, 3.63) is 36.2 Å². The van der Waals surface area contributed by atoms with Gasteiger partial charge in [-0.2, -0.15) is 0 Å². The van der Waals surface area contributed by atoms with Crippen LogP contribution < -0.4 is 11.5 Å². The van der Waals surface area contributed by atoms with E-state index in [0.29, 0.717) is 5.70 Å². The molecule has 0 aliphatic carbocycles. The van der Waals surface area contributed by atoms with E-state index < -0.39 is 0 Å². The maximum Gasteiger partial charge on any atom is 0.0241 e.